The zero-order valence-electron chi connectivity index (χ0n) is 12.5. The van der Waals surface area contributed by atoms with E-state index in [1.54, 1.807) is 0 Å². The molecule has 0 aromatic heterocycles. The van der Waals surface area contributed by atoms with Gasteiger partial charge in [0.15, 0.2) is 0 Å². The number of carbonyl (C=O) groups is 5. The van der Waals surface area contributed by atoms with E-state index in [4.69, 9.17) is 15.9 Å². The number of aliphatic carboxylic acids is 2. The molecule has 0 aliphatic carbocycles. The van der Waals surface area contributed by atoms with Crippen LogP contribution in [0.25, 0.3) is 0 Å². The third kappa shape index (κ3) is 11.7. The van der Waals surface area contributed by atoms with Gasteiger partial charge in [0.2, 0.25) is 17.7 Å². The largest absolute Gasteiger partial charge is 0.481 e. The van der Waals surface area contributed by atoms with E-state index in [1.165, 1.54) is 0 Å². The molecule has 0 fully saturated rings. The quantitative estimate of drug-likeness (QED) is 0.291. The van der Waals surface area contributed by atoms with Crippen molar-refractivity contribution in [2.45, 2.75) is 44.6 Å². The summed E-state index contributed by atoms with van der Waals surface area (Å²) < 4.78 is 0. The molecule has 0 radical (unpaired) electrons. The van der Waals surface area contributed by atoms with Crippen molar-refractivity contribution in [3.05, 3.63) is 0 Å². The Morgan fingerprint density at radius 1 is 0.913 bits per heavy atom. The van der Waals surface area contributed by atoms with Crippen LogP contribution in [0.3, 0.4) is 0 Å². The van der Waals surface area contributed by atoms with Gasteiger partial charge in [-0.15, -0.1) is 0 Å². The molecular weight excluding hydrogens is 310 g/mol. The van der Waals surface area contributed by atoms with Gasteiger partial charge in [0.25, 0.3) is 0 Å². The summed E-state index contributed by atoms with van der Waals surface area (Å²) in [4.78, 5) is 55.1. The summed E-state index contributed by atoms with van der Waals surface area (Å²) in [5, 5.41) is 21.9. The Morgan fingerprint density at radius 3 is 2.04 bits per heavy atom. The van der Waals surface area contributed by atoms with Crippen molar-refractivity contribution >= 4 is 29.7 Å². The minimum atomic E-state index is -1.12. The topological polar surface area (TPSA) is 176 Å². The summed E-state index contributed by atoms with van der Waals surface area (Å²) in [6.07, 6.45) is -0.700. The number of primary amides is 1. The van der Waals surface area contributed by atoms with Crippen LogP contribution in [-0.2, 0) is 24.0 Å². The summed E-state index contributed by atoms with van der Waals surface area (Å²) >= 11 is 0. The third-order valence-corrected chi connectivity index (χ3v) is 2.76. The molecule has 130 valence electrons. The molecule has 23 heavy (non-hydrogen) atoms. The molecule has 0 aromatic rings. The van der Waals surface area contributed by atoms with Gasteiger partial charge < -0.3 is 26.6 Å². The maximum atomic E-state index is 11.9. The van der Waals surface area contributed by atoms with E-state index in [-0.39, 0.29) is 45.1 Å². The first-order valence-corrected chi connectivity index (χ1v) is 7.01. The van der Waals surface area contributed by atoms with Gasteiger partial charge in [-0.2, -0.15) is 0 Å². The molecule has 10 nitrogen and oxygen atoms in total. The number of carboxylic acid groups (broad SMARTS) is 2. The molecule has 6 N–H and O–H groups in total. The maximum Gasteiger partial charge on any atom is 0.303 e. The molecule has 0 saturated heterocycles. The minimum Gasteiger partial charge on any atom is -0.481 e. The summed E-state index contributed by atoms with van der Waals surface area (Å²) in [5.41, 5.74) is 4.93. The Balaban J connectivity index is 4.44. The van der Waals surface area contributed by atoms with Crippen molar-refractivity contribution in [1.29, 1.82) is 0 Å². The molecule has 0 saturated carbocycles. The first-order chi connectivity index (χ1) is 10.7. The normalized spacial score (nSPS) is 11.3. The minimum absolute atomic E-state index is 0.0212. The van der Waals surface area contributed by atoms with Gasteiger partial charge in [-0.25, -0.2) is 0 Å². The van der Waals surface area contributed by atoms with Gasteiger partial charge >= 0.3 is 11.9 Å². The summed E-state index contributed by atoms with van der Waals surface area (Å²) in [6, 6.07) is -1.07. The summed E-state index contributed by atoms with van der Waals surface area (Å²) in [6.45, 7) is -0.0212. The van der Waals surface area contributed by atoms with Gasteiger partial charge in [-0.3, -0.25) is 24.0 Å². The number of hydrogen-bond acceptors (Lipinski definition) is 5. The lowest BCUT2D eigenvalue weighted by Crippen LogP contribution is -2.47. The van der Waals surface area contributed by atoms with Crippen molar-refractivity contribution in [2.24, 2.45) is 5.73 Å². The molecule has 0 bridgehead atoms. The Hall–Kier alpha value is -2.65. The third-order valence-electron chi connectivity index (χ3n) is 2.76. The van der Waals surface area contributed by atoms with Crippen molar-refractivity contribution in [1.82, 2.24) is 10.6 Å². The Kier molecular flexibility index (Phi) is 9.72. The second kappa shape index (κ2) is 11.0. The molecule has 1 atom stereocenters. The van der Waals surface area contributed by atoms with Gasteiger partial charge in [-0.1, -0.05) is 0 Å². The Labute approximate surface area is 132 Å². The predicted octanol–water partition coefficient (Wildman–Crippen LogP) is -1.42. The van der Waals surface area contributed by atoms with Crippen LogP contribution >= 0.6 is 0 Å². The van der Waals surface area contributed by atoms with E-state index in [1.807, 2.05) is 0 Å². The van der Waals surface area contributed by atoms with Crippen molar-refractivity contribution in [3.63, 3.8) is 0 Å². The lowest BCUT2D eigenvalue weighted by molar-refractivity contribution is -0.139. The van der Waals surface area contributed by atoms with Crippen LogP contribution < -0.4 is 16.4 Å². The Bertz CT molecular complexity index is 464. The van der Waals surface area contributed by atoms with E-state index in [0.717, 1.165) is 0 Å². The lowest BCUT2D eigenvalue weighted by atomic mass is 10.1. The molecule has 10 heteroatoms. The van der Waals surface area contributed by atoms with E-state index in [2.05, 4.69) is 10.6 Å². The standard InChI is InChI=1S/C13H21N3O7/c14-9(17)6-7-15-13(23)8(4-5-12(21)22)16-10(18)2-1-3-11(19)20/h8H,1-7H2,(H2,14,17)(H,15,23)(H,16,18)(H,19,20)(H,21,22)/t8-/m1/s1. The number of rotatable bonds is 12. The van der Waals surface area contributed by atoms with Gasteiger partial charge in [0, 0.05) is 32.2 Å². The number of hydrogen-bond donors (Lipinski definition) is 5. The second-order valence-electron chi connectivity index (χ2n) is 4.81. The van der Waals surface area contributed by atoms with Crippen LogP contribution in [0.15, 0.2) is 0 Å². The maximum absolute atomic E-state index is 11.9. The number of nitrogens with one attached hydrogen (secondary N) is 2. The predicted molar refractivity (Wildman–Crippen MR) is 77.1 cm³/mol. The zero-order valence-corrected chi connectivity index (χ0v) is 12.5. The van der Waals surface area contributed by atoms with Gasteiger partial charge in [-0.05, 0) is 12.8 Å². The van der Waals surface area contributed by atoms with Crippen LogP contribution in [0.5, 0.6) is 0 Å². The van der Waals surface area contributed by atoms with Crippen LogP contribution in [0, 0.1) is 0 Å². The average Bonchev–Trinajstić information content (AvgIpc) is 2.42. The second-order valence-corrected chi connectivity index (χ2v) is 4.81. The van der Waals surface area contributed by atoms with Crippen LogP contribution in [0.1, 0.15) is 38.5 Å². The first kappa shape index (κ1) is 20.3. The fraction of sp³-hybridized carbons (Fsp3) is 0.615. The van der Waals surface area contributed by atoms with Gasteiger partial charge in [0.05, 0.1) is 0 Å². The van der Waals surface area contributed by atoms with Crippen LogP contribution in [0.2, 0.25) is 0 Å². The van der Waals surface area contributed by atoms with Crippen molar-refractivity contribution in [3.8, 4) is 0 Å². The highest BCUT2D eigenvalue weighted by Crippen LogP contribution is 2.01. The van der Waals surface area contributed by atoms with Crippen molar-refractivity contribution in [2.75, 3.05) is 6.54 Å². The van der Waals surface area contributed by atoms with E-state index >= 15 is 0 Å². The number of carbonyl (C=O) groups excluding carboxylic acids is 3. The van der Waals surface area contributed by atoms with Crippen molar-refractivity contribution < 1.29 is 34.2 Å². The number of carboxylic acids is 2. The van der Waals surface area contributed by atoms with E-state index in [0.29, 0.717) is 0 Å². The smallest absolute Gasteiger partial charge is 0.303 e. The van der Waals surface area contributed by atoms with Gasteiger partial charge in [0.1, 0.15) is 6.04 Å². The molecule has 0 unspecified atom stereocenters. The number of amides is 3. The molecule has 0 spiro atoms. The SMILES string of the molecule is NC(=O)CCNC(=O)[C@@H](CCC(=O)O)NC(=O)CCCC(=O)O. The first-order valence-electron chi connectivity index (χ1n) is 7.01. The highest BCUT2D eigenvalue weighted by molar-refractivity contribution is 5.88. The highest BCUT2D eigenvalue weighted by Gasteiger charge is 2.21. The lowest BCUT2D eigenvalue weighted by Gasteiger charge is -2.17. The fourth-order valence-corrected chi connectivity index (χ4v) is 1.64. The molecule has 0 aliphatic heterocycles. The molecule has 3 amide bonds. The van der Waals surface area contributed by atoms with E-state index < -0.39 is 35.7 Å². The monoisotopic (exact) mass is 331 g/mol. The average molecular weight is 331 g/mol. The summed E-state index contributed by atoms with van der Waals surface area (Å²) in [5.74, 6) is -3.94. The Morgan fingerprint density at radius 2 is 1.52 bits per heavy atom. The fourth-order valence-electron chi connectivity index (χ4n) is 1.64. The molecular formula is C13H21N3O7. The molecule has 0 rings (SSSR count). The molecule has 0 heterocycles. The molecule has 0 aromatic carbocycles. The molecule has 0 aliphatic rings. The highest BCUT2D eigenvalue weighted by atomic mass is 16.4. The van der Waals surface area contributed by atoms with Crippen LogP contribution in [0.4, 0.5) is 0 Å². The summed E-state index contributed by atoms with van der Waals surface area (Å²) in [7, 11) is 0. The van der Waals surface area contributed by atoms with Crippen LogP contribution in [-0.4, -0.2) is 52.5 Å². The zero-order chi connectivity index (χ0) is 17.8. The number of nitrogens with two attached hydrogens (primary N) is 1. The van der Waals surface area contributed by atoms with E-state index in [9.17, 15) is 24.0 Å².